The van der Waals surface area contributed by atoms with E-state index in [0.717, 1.165) is 36.8 Å². The van der Waals surface area contributed by atoms with Crippen molar-refractivity contribution in [2.75, 3.05) is 13.1 Å². The number of aryl methyl sites for hydroxylation is 1. The summed E-state index contributed by atoms with van der Waals surface area (Å²) >= 11 is 0. The van der Waals surface area contributed by atoms with E-state index in [9.17, 15) is 9.59 Å². The summed E-state index contributed by atoms with van der Waals surface area (Å²) in [7, 11) is 0. The molecule has 0 aliphatic carbocycles. The lowest BCUT2D eigenvalue weighted by atomic mass is 9.99. The fourth-order valence-electron chi connectivity index (χ4n) is 3.53. The van der Waals surface area contributed by atoms with Crippen molar-refractivity contribution in [3.63, 3.8) is 0 Å². The maximum absolute atomic E-state index is 12.7. The average Bonchev–Trinajstić information content (AvgIpc) is 3.12. The van der Waals surface area contributed by atoms with Crippen molar-refractivity contribution in [2.45, 2.75) is 33.2 Å². The smallest absolute Gasteiger partial charge is 0.276 e. The van der Waals surface area contributed by atoms with Gasteiger partial charge in [-0.25, -0.2) is 9.97 Å². The number of piperidine rings is 1. The van der Waals surface area contributed by atoms with E-state index >= 15 is 0 Å². The quantitative estimate of drug-likeness (QED) is 0.736. The summed E-state index contributed by atoms with van der Waals surface area (Å²) in [4.78, 5) is 35.7. The van der Waals surface area contributed by atoms with Crippen molar-refractivity contribution in [1.82, 2.24) is 20.2 Å². The van der Waals surface area contributed by atoms with Gasteiger partial charge < -0.3 is 14.6 Å². The standard InChI is InChI=1S/C22H24N4O3/c1-14-9-11-26(12-10-14)22(28)20-15(2)29-19(25-20)13-23-21(27)18-8-7-16-5-3-4-6-17(16)24-18/h3-8,14H,9-13H2,1-2H3,(H,23,27). The minimum Gasteiger partial charge on any atom is -0.443 e. The van der Waals surface area contributed by atoms with Gasteiger partial charge in [-0.3, -0.25) is 9.59 Å². The molecule has 2 aromatic heterocycles. The molecule has 1 N–H and O–H groups in total. The maximum atomic E-state index is 12.7. The van der Waals surface area contributed by atoms with Crippen molar-refractivity contribution >= 4 is 22.7 Å². The Morgan fingerprint density at radius 1 is 1.14 bits per heavy atom. The second-order valence-corrected chi connectivity index (χ2v) is 7.56. The second-order valence-electron chi connectivity index (χ2n) is 7.56. The second kappa shape index (κ2) is 8.03. The van der Waals surface area contributed by atoms with E-state index in [1.807, 2.05) is 35.2 Å². The van der Waals surface area contributed by atoms with Gasteiger partial charge in [0.1, 0.15) is 11.5 Å². The SMILES string of the molecule is Cc1oc(CNC(=O)c2ccc3ccccc3n2)nc1C(=O)N1CCC(C)CC1. The van der Waals surface area contributed by atoms with E-state index in [1.165, 1.54) is 0 Å². The lowest BCUT2D eigenvalue weighted by Gasteiger charge is -2.29. The number of hydrogen-bond donors (Lipinski definition) is 1. The highest BCUT2D eigenvalue weighted by Crippen LogP contribution is 2.20. The van der Waals surface area contributed by atoms with Crippen molar-refractivity contribution in [3.05, 3.63) is 59.4 Å². The van der Waals surface area contributed by atoms with Crippen LogP contribution in [0.3, 0.4) is 0 Å². The van der Waals surface area contributed by atoms with E-state index < -0.39 is 0 Å². The van der Waals surface area contributed by atoms with Crippen LogP contribution < -0.4 is 5.32 Å². The largest absolute Gasteiger partial charge is 0.443 e. The van der Waals surface area contributed by atoms with Crippen molar-refractivity contribution < 1.29 is 14.0 Å². The zero-order valence-corrected chi connectivity index (χ0v) is 16.6. The summed E-state index contributed by atoms with van der Waals surface area (Å²) in [6.07, 6.45) is 2.01. The van der Waals surface area contributed by atoms with Crippen LogP contribution in [0.2, 0.25) is 0 Å². The number of amides is 2. The van der Waals surface area contributed by atoms with Crippen LogP contribution in [0.15, 0.2) is 40.8 Å². The number of rotatable bonds is 4. The first kappa shape index (κ1) is 19.1. The minimum absolute atomic E-state index is 0.0957. The number of likely N-dealkylation sites (tertiary alicyclic amines) is 1. The van der Waals surface area contributed by atoms with E-state index in [2.05, 4.69) is 22.2 Å². The summed E-state index contributed by atoms with van der Waals surface area (Å²) in [6, 6.07) is 11.2. The van der Waals surface area contributed by atoms with Gasteiger partial charge in [-0.2, -0.15) is 0 Å². The third-order valence-corrected chi connectivity index (χ3v) is 5.35. The molecule has 1 aliphatic rings. The number of pyridine rings is 1. The number of fused-ring (bicyclic) bond motifs is 1. The molecule has 4 rings (SSSR count). The summed E-state index contributed by atoms with van der Waals surface area (Å²) in [5.41, 5.74) is 1.41. The Balaban J connectivity index is 1.41. The highest BCUT2D eigenvalue weighted by molar-refractivity contribution is 5.95. The molecule has 0 saturated carbocycles. The molecule has 0 bridgehead atoms. The number of benzene rings is 1. The summed E-state index contributed by atoms with van der Waals surface area (Å²) in [5, 5.41) is 3.74. The minimum atomic E-state index is -0.315. The maximum Gasteiger partial charge on any atom is 0.276 e. The Labute approximate surface area is 169 Å². The van der Waals surface area contributed by atoms with Crippen LogP contribution in [-0.2, 0) is 6.54 Å². The molecule has 1 aromatic carbocycles. The third-order valence-electron chi connectivity index (χ3n) is 5.35. The van der Waals surface area contributed by atoms with Crippen LogP contribution in [0.25, 0.3) is 10.9 Å². The molecule has 1 aliphatic heterocycles. The number of para-hydroxylation sites is 1. The van der Waals surface area contributed by atoms with Crippen molar-refractivity contribution in [2.24, 2.45) is 5.92 Å². The Morgan fingerprint density at radius 2 is 1.90 bits per heavy atom. The summed E-state index contributed by atoms with van der Waals surface area (Å²) in [5.74, 6) is 1.01. The van der Waals surface area contributed by atoms with Gasteiger partial charge in [-0.05, 0) is 37.8 Å². The predicted molar refractivity (Wildman–Crippen MR) is 108 cm³/mol. The Bertz CT molecular complexity index is 1050. The van der Waals surface area contributed by atoms with Gasteiger partial charge in [0.2, 0.25) is 5.89 Å². The lowest BCUT2D eigenvalue weighted by Crippen LogP contribution is -2.38. The molecule has 2 amide bonds. The molecule has 0 unspecified atom stereocenters. The number of nitrogens with zero attached hydrogens (tertiary/aromatic N) is 3. The molecule has 3 aromatic rings. The number of hydrogen-bond acceptors (Lipinski definition) is 5. The van der Waals surface area contributed by atoms with Gasteiger partial charge in [-0.1, -0.05) is 31.2 Å². The Hall–Kier alpha value is -3.22. The van der Waals surface area contributed by atoms with Gasteiger partial charge in [0.05, 0.1) is 12.1 Å². The topological polar surface area (TPSA) is 88.3 Å². The number of nitrogens with one attached hydrogen (secondary N) is 1. The fourth-order valence-corrected chi connectivity index (χ4v) is 3.53. The van der Waals surface area contributed by atoms with Gasteiger partial charge in [-0.15, -0.1) is 0 Å². The fraction of sp³-hybridized carbons (Fsp3) is 0.364. The molecule has 0 spiro atoms. The van der Waals surface area contributed by atoms with E-state index in [4.69, 9.17) is 4.42 Å². The molecular formula is C22H24N4O3. The molecule has 0 atom stereocenters. The molecule has 150 valence electrons. The molecule has 3 heterocycles. The van der Waals surface area contributed by atoms with Crippen LogP contribution in [-0.4, -0.2) is 39.8 Å². The molecule has 1 fully saturated rings. The molecular weight excluding hydrogens is 368 g/mol. The molecule has 7 heteroatoms. The highest BCUT2D eigenvalue weighted by Gasteiger charge is 2.26. The Morgan fingerprint density at radius 3 is 2.69 bits per heavy atom. The van der Waals surface area contributed by atoms with E-state index in [0.29, 0.717) is 29.0 Å². The van der Waals surface area contributed by atoms with Gasteiger partial charge in [0.15, 0.2) is 5.69 Å². The van der Waals surface area contributed by atoms with Crippen LogP contribution in [0, 0.1) is 12.8 Å². The number of aromatic nitrogens is 2. The molecule has 29 heavy (non-hydrogen) atoms. The number of carbonyl (C=O) groups excluding carboxylic acids is 2. The van der Waals surface area contributed by atoms with E-state index in [-0.39, 0.29) is 18.4 Å². The first-order chi connectivity index (χ1) is 14.0. The van der Waals surface area contributed by atoms with E-state index in [1.54, 1.807) is 13.0 Å². The first-order valence-corrected chi connectivity index (χ1v) is 9.91. The van der Waals surface area contributed by atoms with Crippen LogP contribution in [0.4, 0.5) is 0 Å². The number of oxazole rings is 1. The number of carbonyl (C=O) groups is 2. The molecule has 7 nitrogen and oxygen atoms in total. The molecule has 0 radical (unpaired) electrons. The third kappa shape index (κ3) is 4.13. The normalized spacial score (nSPS) is 14.9. The Kier molecular flexibility index (Phi) is 5.29. The zero-order valence-electron chi connectivity index (χ0n) is 16.6. The lowest BCUT2D eigenvalue weighted by molar-refractivity contribution is 0.0690. The van der Waals surface area contributed by atoms with Crippen molar-refractivity contribution in [3.8, 4) is 0 Å². The highest BCUT2D eigenvalue weighted by atomic mass is 16.4. The van der Waals surface area contributed by atoms with Crippen LogP contribution in [0.5, 0.6) is 0 Å². The summed E-state index contributed by atoms with van der Waals surface area (Å²) < 4.78 is 5.61. The average molecular weight is 392 g/mol. The zero-order chi connectivity index (χ0) is 20.4. The van der Waals surface area contributed by atoms with Crippen LogP contribution >= 0.6 is 0 Å². The monoisotopic (exact) mass is 392 g/mol. The van der Waals surface area contributed by atoms with Gasteiger partial charge >= 0.3 is 0 Å². The summed E-state index contributed by atoms with van der Waals surface area (Å²) in [6.45, 7) is 5.51. The van der Waals surface area contributed by atoms with Gasteiger partial charge in [0.25, 0.3) is 11.8 Å². The predicted octanol–water partition coefficient (Wildman–Crippen LogP) is 3.33. The molecule has 1 saturated heterocycles. The first-order valence-electron chi connectivity index (χ1n) is 9.91. The van der Waals surface area contributed by atoms with Crippen molar-refractivity contribution in [1.29, 1.82) is 0 Å². The van der Waals surface area contributed by atoms with Crippen LogP contribution in [0.1, 0.15) is 52.4 Å². The van der Waals surface area contributed by atoms with Gasteiger partial charge in [0, 0.05) is 18.5 Å².